The summed E-state index contributed by atoms with van der Waals surface area (Å²) in [6.07, 6.45) is 1.63. The van der Waals surface area contributed by atoms with Gasteiger partial charge in [0.2, 0.25) is 5.91 Å². The second-order valence-corrected chi connectivity index (χ2v) is 8.04. The van der Waals surface area contributed by atoms with Gasteiger partial charge in [-0.3, -0.25) is 4.79 Å². The fraction of sp³-hybridized carbons (Fsp3) is 0.632. The molecule has 0 radical (unpaired) electrons. The highest BCUT2D eigenvalue weighted by Gasteiger charge is 2.31. The number of carbonyl (C=O) groups is 1. The Labute approximate surface area is 150 Å². The minimum atomic E-state index is 0.271. The van der Waals surface area contributed by atoms with E-state index in [0.717, 1.165) is 31.7 Å². The van der Waals surface area contributed by atoms with E-state index in [1.807, 2.05) is 23.1 Å². The van der Waals surface area contributed by atoms with Crippen LogP contribution in [0.5, 0.6) is 0 Å². The van der Waals surface area contributed by atoms with Gasteiger partial charge in [-0.05, 0) is 36.5 Å². The van der Waals surface area contributed by atoms with E-state index in [-0.39, 0.29) is 5.91 Å². The second-order valence-electron chi connectivity index (χ2n) is 7.63. The first-order chi connectivity index (χ1) is 11.3. The van der Waals surface area contributed by atoms with Crippen LogP contribution in [-0.2, 0) is 4.79 Å². The lowest BCUT2D eigenvalue weighted by molar-refractivity contribution is -0.130. The van der Waals surface area contributed by atoms with E-state index in [0.29, 0.717) is 35.0 Å². The van der Waals surface area contributed by atoms with Crippen LogP contribution < -0.4 is 10.6 Å². The van der Waals surface area contributed by atoms with Crippen molar-refractivity contribution in [3.63, 3.8) is 0 Å². The Morgan fingerprint density at radius 3 is 2.62 bits per heavy atom. The van der Waals surface area contributed by atoms with Crippen molar-refractivity contribution in [3.05, 3.63) is 23.2 Å². The summed E-state index contributed by atoms with van der Waals surface area (Å²) >= 11 is 6.22. The number of likely N-dealkylation sites (tertiary alicyclic amines) is 1. The summed E-state index contributed by atoms with van der Waals surface area (Å²) < 4.78 is 0. The van der Waals surface area contributed by atoms with E-state index in [1.54, 1.807) is 0 Å². The third-order valence-electron chi connectivity index (χ3n) is 4.42. The van der Waals surface area contributed by atoms with Gasteiger partial charge in [0.05, 0.1) is 10.7 Å². The molecule has 0 saturated carbocycles. The molecule has 24 heavy (non-hydrogen) atoms. The van der Waals surface area contributed by atoms with Crippen LogP contribution in [0.2, 0.25) is 5.02 Å². The Morgan fingerprint density at radius 2 is 2.04 bits per heavy atom. The zero-order valence-corrected chi connectivity index (χ0v) is 16.0. The molecule has 1 heterocycles. The highest BCUT2D eigenvalue weighted by Crippen LogP contribution is 2.30. The molecule has 2 rings (SSSR count). The fourth-order valence-corrected chi connectivity index (χ4v) is 3.43. The molecule has 1 amide bonds. The maximum absolute atomic E-state index is 12.4. The Hall–Kier alpha value is -1.42. The standard InChI is InChI=1S/C19H30ClN3O/c1-13(2)9-19(24)22-8-7-16(12-22)23(11-14(3)4)15-5-6-18(21)17(20)10-15/h5-6,10,13-14,16H,7-9,11-12,21H2,1-4H3. The normalized spacial score (nSPS) is 17.8. The van der Waals surface area contributed by atoms with Gasteiger partial charge < -0.3 is 15.5 Å². The van der Waals surface area contributed by atoms with Gasteiger partial charge in [-0.25, -0.2) is 0 Å². The number of rotatable bonds is 6. The van der Waals surface area contributed by atoms with Crippen molar-refractivity contribution >= 4 is 28.9 Å². The fourth-order valence-electron chi connectivity index (χ4n) is 3.25. The molecule has 134 valence electrons. The summed E-state index contributed by atoms with van der Waals surface area (Å²) in [6, 6.07) is 6.17. The maximum atomic E-state index is 12.4. The molecular formula is C19H30ClN3O. The SMILES string of the molecule is CC(C)CC(=O)N1CCC(N(CC(C)C)c2ccc(N)c(Cl)c2)C1. The highest BCUT2D eigenvalue weighted by molar-refractivity contribution is 6.33. The molecular weight excluding hydrogens is 322 g/mol. The van der Waals surface area contributed by atoms with Gasteiger partial charge in [0, 0.05) is 37.8 Å². The van der Waals surface area contributed by atoms with E-state index in [9.17, 15) is 4.79 Å². The van der Waals surface area contributed by atoms with Crippen LogP contribution in [0.15, 0.2) is 18.2 Å². The molecule has 0 aromatic heterocycles. The molecule has 2 N–H and O–H groups in total. The summed E-state index contributed by atoms with van der Waals surface area (Å²) in [6.45, 7) is 11.2. The number of hydrogen-bond acceptors (Lipinski definition) is 3. The summed E-state index contributed by atoms with van der Waals surface area (Å²) in [5.74, 6) is 1.20. The van der Waals surface area contributed by atoms with Crippen LogP contribution in [0.4, 0.5) is 11.4 Å². The minimum Gasteiger partial charge on any atom is -0.398 e. The molecule has 1 saturated heterocycles. The van der Waals surface area contributed by atoms with Crippen LogP contribution in [0.25, 0.3) is 0 Å². The number of nitrogens with two attached hydrogens (primary N) is 1. The van der Waals surface area contributed by atoms with Gasteiger partial charge in [0.25, 0.3) is 0 Å². The Morgan fingerprint density at radius 1 is 1.33 bits per heavy atom. The number of anilines is 2. The number of amides is 1. The molecule has 1 unspecified atom stereocenters. The predicted molar refractivity (Wildman–Crippen MR) is 102 cm³/mol. The quantitative estimate of drug-likeness (QED) is 0.787. The third kappa shape index (κ3) is 4.79. The van der Waals surface area contributed by atoms with Crippen molar-refractivity contribution in [2.75, 3.05) is 30.3 Å². The zero-order chi connectivity index (χ0) is 17.9. The number of benzene rings is 1. The first-order valence-corrected chi connectivity index (χ1v) is 9.25. The number of carbonyl (C=O) groups excluding carboxylic acids is 1. The van der Waals surface area contributed by atoms with Gasteiger partial charge in [-0.2, -0.15) is 0 Å². The van der Waals surface area contributed by atoms with Gasteiger partial charge in [0.15, 0.2) is 0 Å². The van der Waals surface area contributed by atoms with Gasteiger partial charge >= 0.3 is 0 Å². The lowest BCUT2D eigenvalue weighted by Gasteiger charge is -2.33. The van der Waals surface area contributed by atoms with Crippen LogP contribution in [-0.4, -0.2) is 36.5 Å². The number of nitrogen functional groups attached to an aromatic ring is 1. The third-order valence-corrected chi connectivity index (χ3v) is 4.74. The largest absolute Gasteiger partial charge is 0.398 e. The van der Waals surface area contributed by atoms with Crippen molar-refractivity contribution in [3.8, 4) is 0 Å². The zero-order valence-electron chi connectivity index (χ0n) is 15.3. The van der Waals surface area contributed by atoms with Crippen molar-refractivity contribution in [2.24, 2.45) is 11.8 Å². The molecule has 5 heteroatoms. The highest BCUT2D eigenvalue weighted by atomic mass is 35.5. The molecule has 1 aliphatic heterocycles. The van der Waals surface area contributed by atoms with Crippen molar-refractivity contribution in [2.45, 2.75) is 46.6 Å². The molecule has 4 nitrogen and oxygen atoms in total. The average Bonchev–Trinajstić information content (AvgIpc) is 2.96. The van der Waals surface area contributed by atoms with E-state index in [1.165, 1.54) is 0 Å². The average molecular weight is 352 g/mol. The van der Waals surface area contributed by atoms with E-state index >= 15 is 0 Å². The van der Waals surface area contributed by atoms with Crippen LogP contribution in [0, 0.1) is 11.8 Å². The Kier molecular flexibility index (Phi) is 6.39. The topological polar surface area (TPSA) is 49.6 Å². The summed E-state index contributed by atoms with van der Waals surface area (Å²) in [5, 5.41) is 0.590. The maximum Gasteiger partial charge on any atom is 0.222 e. The molecule has 0 spiro atoms. The van der Waals surface area contributed by atoms with Crippen LogP contribution >= 0.6 is 11.6 Å². The molecule has 0 aliphatic carbocycles. The lowest BCUT2D eigenvalue weighted by atomic mass is 10.1. The number of nitrogens with zero attached hydrogens (tertiary/aromatic N) is 2. The van der Waals surface area contributed by atoms with E-state index < -0.39 is 0 Å². The van der Waals surface area contributed by atoms with Crippen molar-refractivity contribution < 1.29 is 4.79 Å². The molecule has 1 aliphatic rings. The minimum absolute atomic E-state index is 0.271. The Balaban J connectivity index is 2.14. The molecule has 1 aromatic rings. The van der Waals surface area contributed by atoms with Crippen LogP contribution in [0.3, 0.4) is 0 Å². The number of hydrogen-bond donors (Lipinski definition) is 1. The van der Waals surface area contributed by atoms with Gasteiger partial charge in [0.1, 0.15) is 0 Å². The summed E-state index contributed by atoms with van der Waals surface area (Å²) in [4.78, 5) is 16.7. The molecule has 0 bridgehead atoms. The summed E-state index contributed by atoms with van der Waals surface area (Å²) in [5.41, 5.74) is 7.54. The Bertz CT molecular complexity index is 574. The smallest absolute Gasteiger partial charge is 0.222 e. The predicted octanol–water partition coefficient (Wildman–Crippen LogP) is 4.03. The first kappa shape index (κ1) is 18.9. The van der Waals surface area contributed by atoms with Gasteiger partial charge in [-0.15, -0.1) is 0 Å². The van der Waals surface area contributed by atoms with Gasteiger partial charge in [-0.1, -0.05) is 39.3 Å². The lowest BCUT2D eigenvalue weighted by Crippen LogP contribution is -2.41. The summed E-state index contributed by atoms with van der Waals surface area (Å²) in [7, 11) is 0. The van der Waals surface area contributed by atoms with E-state index in [4.69, 9.17) is 17.3 Å². The molecule has 1 fully saturated rings. The van der Waals surface area contributed by atoms with Crippen molar-refractivity contribution in [1.82, 2.24) is 4.90 Å². The van der Waals surface area contributed by atoms with Crippen LogP contribution in [0.1, 0.15) is 40.5 Å². The number of halogens is 1. The second kappa shape index (κ2) is 8.11. The van der Waals surface area contributed by atoms with Crippen molar-refractivity contribution in [1.29, 1.82) is 0 Å². The van der Waals surface area contributed by atoms with E-state index in [2.05, 4.69) is 32.6 Å². The monoisotopic (exact) mass is 351 g/mol. The first-order valence-electron chi connectivity index (χ1n) is 8.87. The molecule has 1 aromatic carbocycles. The molecule has 1 atom stereocenters.